The molecule has 2 fully saturated rings. The molecule has 1 aliphatic carbocycles. The van der Waals surface area contributed by atoms with Crippen LogP contribution in [0, 0.1) is 18.2 Å². The maximum atomic E-state index is 13.4. The molecule has 5 nitrogen and oxygen atoms in total. The first-order valence-corrected chi connectivity index (χ1v) is 9.78. The second kappa shape index (κ2) is 7.34. The Hall–Kier alpha value is -2.76. The van der Waals surface area contributed by atoms with E-state index in [0.29, 0.717) is 18.5 Å². The van der Waals surface area contributed by atoms with Crippen molar-refractivity contribution < 1.29 is 14.0 Å². The van der Waals surface area contributed by atoms with E-state index in [2.05, 4.69) is 10.3 Å². The fourth-order valence-electron chi connectivity index (χ4n) is 4.57. The average molecular weight is 381 g/mol. The molecule has 1 saturated carbocycles. The number of pyridine rings is 1. The van der Waals surface area contributed by atoms with E-state index in [1.807, 2.05) is 24.0 Å². The molecule has 2 aliphatic rings. The standard InChI is InChI=1S/C22H24FN3O2/c1-15-12-19(7-10-24-15)26-11-9-22(21(26)28)8-3-6-18(14-22)25-20(27)16-4-2-5-17(23)13-16/h2,4-5,7,10,12-13,18H,3,6,8-9,11,14H2,1H3,(H,25,27). The number of anilines is 1. The second-order valence-corrected chi connectivity index (χ2v) is 7.92. The predicted octanol–water partition coefficient (Wildman–Crippen LogP) is 3.62. The van der Waals surface area contributed by atoms with Gasteiger partial charge in [-0.1, -0.05) is 12.5 Å². The summed E-state index contributed by atoms with van der Waals surface area (Å²) in [5.74, 6) is -0.571. The van der Waals surface area contributed by atoms with Crippen LogP contribution in [0.4, 0.5) is 10.1 Å². The lowest BCUT2D eigenvalue weighted by molar-refractivity contribution is -0.127. The number of nitrogens with one attached hydrogen (secondary N) is 1. The first kappa shape index (κ1) is 18.6. The summed E-state index contributed by atoms with van der Waals surface area (Å²) in [4.78, 5) is 31.8. The smallest absolute Gasteiger partial charge is 0.251 e. The molecule has 2 atom stereocenters. The maximum Gasteiger partial charge on any atom is 0.251 e. The third-order valence-electron chi connectivity index (χ3n) is 5.97. The van der Waals surface area contributed by atoms with Crippen LogP contribution in [0.3, 0.4) is 0 Å². The van der Waals surface area contributed by atoms with Crippen LogP contribution in [0.15, 0.2) is 42.6 Å². The van der Waals surface area contributed by atoms with Crippen molar-refractivity contribution in [1.82, 2.24) is 10.3 Å². The lowest BCUT2D eigenvalue weighted by atomic mass is 9.71. The fourth-order valence-corrected chi connectivity index (χ4v) is 4.57. The average Bonchev–Trinajstić information content (AvgIpc) is 2.97. The minimum atomic E-state index is -0.429. The highest BCUT2D eigenvalue weighted by molar-refractivity contribution is 6.00. The molecule has 28 heavy (non-hydrogen) atoms. The summed E-state index contributed by atoms with van der Waals surface area (Å²) in [5.41, 5.74) is 1.66. The van der Waals surface area contributed by atoms with Crippen molar-refractivity contribution in [3.63, 3.8) is 0 Å². The van der Waals surface area contributed by atoms with Gasteiger partial charge in [-0.3, -0.25) is 14.6 Å². The first-order valence-electron chi connectivity index (χ1n) is 9.78. The van der Waals surface area contributed by atoms with Crippen molar-refractivity contribution >= 4 is 17.5 Å². The zero-order chi connectivity index (χ0) is 19.7. The molecule has 2 unspecified atom stereocenters. The van der Waals surface area contributed by atoms with E-state index in [0.717, 1.165) is 37.1 Å². The summed E-state index contributed by atoms with van der Waals surface area (Å²) < 4.78 is 13.4. The van der Waals surface area contributed by atoms with Crippen LogP contribution in [-0.2, 0) is 4.79 Å². The van der Waals surface area contributed by atoms with Gasteiger partial charge in [-0.15, -0.1) is 0 Å². The normalized spacial score (nSPS) is 24.6. The van der Waals surface area contributed by atoms with Crippen LogP contribution in [-0.4, -0.2) is 29.4 Å². The number of carbonyl (C=O) groups excluding carboxylic acids is 2. The molecule has 0 radical (unpaired) electrons. The number of rotatable bonds is 3. The van der Waals surface area contributed by atoms with Crippen molar-refractivity contribution in [2.75, 3.05) is 11.4 Å². The largest absolute Gasteiger partial charge is 0.349 e. The van der Waals surface area contributed by atoms with E-state index >= 15 is 0 Å². The summed E-state index contributed by atoms with van der Waals surface area (Å²) in [6.07, 6.45) is 5.73. The van der Waals surface area contributed by atoms with Gasteiger partial charge < -0.3 is 10.2 Å². The van der Waals surface area contributed by atoms with Crippen molar-refractivity contribution in [1.29, 1.82) is 0 Å². The fraction of sp³-hybridized carbons (Fsp3) is 0.409. The van der Waals surface area contributed by atoms with Crippen LogP contribution in [0.2, 0.25) is 0 Å². The first-order chi connectivity index (χ1) is 13.5. The van der Waals surface area contributed by atoms with Crippen LogP contribution in [0.1, 0.15) is 48.2 Å². The van der Waals surface area contributed by atoms with Gasteiger partial charge in [-0.2, -0.15) is 0 Å². The Morgan fingerprint density at radius 3 is 2.93 bits per heavy atom. The number of benzene rings is 1. The molecular weight excluding hydrogens is 357 g/mol. The maximum absolute atomic E-state index is 13.4. The molecule has 1 aliphatic heterocycles. The third-order valence-corrected chi connectivity index (χ3v) is 5.97. The molecule has 1 saturated heterocycles. The van der Waals surface area contributed by atoms with Crippen molar-refractivity contribution in [2.24, 2.45) is 5.41 Å². The lowest BCUT2D eigenvalue weighted by Gasteiger charge is -2.37. The summed E-state index contributed by atoms with van der Waals surface area (Å²) in [6, 6.07) is 9.42. The summed E-state index contributed by atoms with van der Waals surface area (Å²) in [5, 5.41) is 3.01. The van der Waals surface area contributed by atoms with E-state index in [1.54, 1.807) is 12.3 Å². The number of amides is 2. The Morgan fingerprint density at radius 1 is 1.29 bits per heavy atom. The van der Waals surface area contributed by atoms with Crippen LogP contribution >= 0.6 is 0 Å². The molecule has 1 aromatic carbocycles. The molecule has 4 rings (SSSR count). The highest BCUT2D eigenvalue weighted by Gasteiger charge is 2.49. The van der Waals surface area contributed by atoms with Gasteiger partial charge in [-0.25, -0.2) is 4.39 Å². The van der Waals surface area contributed by atoms with Gasteiger partial charge in [0.2, 0.25) is 5.91 Å². The molecule has 2 heterocycles. The van der Waals surface area contributed by atoms with Gasteiger partial charge in [0.1, 0.15) is 5.82 Å². The molecule has 2 aromatic rings. The molecule has 0 bridgehead atoms. The minimum absolute atomic E-state index is 0.0763. The Morgan fingerprint density at radius 2 is 2.14 bits per heavy atom. The number of nitrogens with zero attached hydrogens (tertiary/aromatic N) is 2. The monoisotopic (exact) mass is 381 g/mol. The number of hydrogen-bond donors (Lipinski definition) is 1. The Labute approximate surface area is 164 Å². The number of carbonyl (C=O) groups is 2. The van der Waals surface area contributed by atoms with Crippen LogP contribution < -0.4 is 10.2 Å². The Kier molecular flexibility index (Phi) is 4.87. The third kappa shape index (κ3) is 3.51. The van der Waals surface area contributed by atoms with Crippen molar-refractivity contribution in [3.05, 3.63) is 59.7 Å². The van der Waals surface area contributed by atoms with Crippen molar-refractivity contribution in [3.8, 4) is 0 Å². The molecular formula is C22H24FN3O2. The van der Waals surface area contributed by atoms with E-state index in [-0.39, 0.29) is 17.9 Å². The van der Waals surface area contributed by atoms with Gasteiger partial charge in [0.25, 0.3) is 5.91 Å². The second-order valence-electron chi connectivity index (χ2n) is 7.92. The Bertz CT molecular complexity index is 916. The van der Waals surface area contributed by atoms with Gasteiger partial charge in [0, 0.05) is 35.7 Å². The molecule has 1 N–H and O–H groups in total. The lowest BCUT2D eigenvalue weighted by Crippen LogP contribution is -2.46. The number of halogens is 1. The van der Waals surface area contributed by atoms with Gasteiger partial charge >= 0.3 is 0 Å². The molecule has 1 aromatic heterocycles. The number of hydrogen-bond acceptors (Lipinski definition) is 3. The molecule has 6 heteroatoms. The zero-order valence-electron chi connectivity index (χ0n) is 16.0. The van der Waals surface area contributed by atoms with Gasteiger partial charge in [0.05, 0.1) is 5.41 Å². The number of aryl methyl sites for hydroxylation is 1. The van der Waals surface area contributed by atoms with E-state index in [9.17, 15) is 14.0 Å². The summed E-state index contributed by atoms with van der Waals surface area (Å²) >= 11 is 0. The number of aromatic nitrogens is 1. The van der Waals surface area contributed by atoms with Crippen LogP contribution in [0.25, 0.3) is 0 Å². The zero-order valence-corrected chi connectivity index (χ0v) is 16.0. The topological polar surface area (TPSA) is 62.3 Å². The Balaban J connectivity index is 1.47. The minimum Gasteiger partial charge on any atom is -0.349 e. The quantitative estimate of drug-likeness (QED) is 0.883. The van der Waals surface area contributed by atoms with E-state index in [1.165, 1.54) is 18.2 Å². The molecule has 1 spiro atoms. The highest BCUT2D eigenvalue weighted by Crippen LogP contribution is 2.46. The predicted molar refractivity (Wildman–Crippen MR) is 104 cm³/mol. The highest BCUT2D eigenvalue weighted by atomic mass is 19.1. The molecule has 146 valence electrons. The summed E-state index contributed by atoms with van der Waals surface area (Å²) in [7, 11) is 0. The SMILES string of the molecule is Cc1cc(N2CCC3(CCCC(NC(=O)c4cccc(F)c4)C3)C2=O)ccn1. The molecule has 2 amide bonds. The van der Waals surface area contributed by atoms with E-state index < -0.39 is 11.2 Å². The van der Waals surface area contributed by atoms with Gasteiger partial charge in [-0.05, 0) is 62.9 Å². The van der Waals surface area contributed by atoms with E-state index in [4.69, 9.17) is 0 Å². The van der Waals surface area contributed by atoms with Gasteiger partial charge in [0.15, 0.2) is 0 Å². The van der Waals surface area contributed by atoms with Crippen LogP contribution in [0.5, 0.6) is 0 Å². The summed E-state index contributed by atoms with van der Waals surface area (Å²) in [6.45, 7) is 2.60. The van der Waals surface area contributed by atoms with Crippen molar-refractivity contribution in [2.45, 2.75) is 45.1 Å².